The Morgan fingerprint density at radius 2 is 2.00 bits per heavy atom. The van der Waals surface area contributed by atoms with Crippen LogP contribution in [0.3, 0.4) is 0 Å². The average Bonchev–Trinajstić information content (AvgIpc) is 3.27. The molecule has 7 heteroatoms. The number of fused-ring (bicyclic) bond motifs is 2. The van der Waals surface area contributed by atoms with Crippen molar-refractivity contribution in [1.82, 2.24) is 9.88 Å². The van der Waals surface area contributed by atoms with Gasteiger partial charge >= 0.3 is 0 Å². The third-order valence-electron chi connectivity index (χ3n) is 5.17. The maximum atomic E-state index is 10.4. The molecule has 0 saturated carbocycles. The van der Waals surface area contributed by atoms with Crippen LogP contribution >= 0.6 is 11.3 Å². The quantitative estimate of drug-likeness (QED) is 0.840. The number of aromatic nitrogens is 1. The van der Waals surface area contributed by atoms with Gasteiger partial charge < -0.3 is 14.7 Å². The fraction of sp³-hybridized carbons (Fsp3) is 0.474. The number of thiazole rings is 1. The molecule has 4 rings (SSSR count). The summed E-state index contributed by atoms with van der Waals surface area (Å²) in [6.45, 7) is 2.86. The molecule has 1 aromatic heterocycles. The number of piperazine rings is 1. The minimum absolute atomic E-state index is 0.262. The van der Waals surface area contributed by atoms with Crippen LogP contribution in [0.1, 0.15) is 18.4 Å². The van der Waals surface area contributed by atoms with E-state index in [-0.39, 0.29) is 6.61 Å². The van der Waals surface area contributed by atoms with Gasteiger partial charge in [-0.2, -0.15) is 5.26 Å². The van der Waals surface area contributed by atoms with Gasteiger partial charge in [0.1, 0.15) is 18.5 Å². The summed E-state index contributed by atoms with van der Waals surface area (Å²) in [6, 6.07) is 10.0. The number of rotatable bonds is 6. The minimum atomic E-state index is -0.528. The molecule has 2 aromatic rings. The van der Waals surface area contributed by atoms with Crippen LogP contribution in [0.15, 0.2) is 35.8 Å². The number of nitriles is 1. The fourth-order valence-corrected chi connectivity index (χ4v) is 4.59. The molecule has 0 spiro atoms. The van der Waals surface area contributed by atoms with E-state index in [0.29, 0.717) is 29.9 Å². The zero-order chi connectivity index (χ0) is 17.9. The van der Waals surface area contributed by atoms with Crippen LogP contribution < -0.4 is 9.64 Å². The van der Waals surface area contributed by atoms with Gasteiger partial charge in [-0.3, -0.25) is 4.90 Å². The third-order valence-corrected chi connectivity index (χ3v) is 6.00. The van der Waals surface area contributed by atoms with E-state index in [4.69, 9.17) is 10.00 Å². The summed E-state index contributed by atoms with van der Waals surface area (Å²) in [6.07, 6.45) is 3.68. The molecule has 26 heavy (non-hydrogen) atoms. The maximum absolute atomic E-state index is 10.4. The highest BCUT2D eigenvalue weighted by Gasteiger charge is 2.41. The largest absolute Gasteiger partial charge is 0.491 e. The van der Waals surface area contributed by atoms with Gasteiger partial charge in [0.25, 0.3) is 0 Å². The van der Waals surface area contributed by atoms with Gasteiger partial charge in [0.15, 0.2) is 5.13 Å². The van der Waals surface area contributed by atoms with E-state index in [9.17, 15) is 5.11 Å². The number of aliphatic hydroxyl groups is 1. The number of anilines is 1. The number of aliphatic hydroxyl groups excluding tert-OH is 1. The predicted molar refractivity (Wildman–Crippen MR) is 101 cm³/mol. The van der Waals surface area contributed by atoms with E-state index in [1.807, 2.05) is 11.6 Å². The van der Waals surface area contributed by atoms with E-state index in [2.05, 4.69) is 20.9 Å². The van der Waals surface area contributed by atoms with E-state index in [1.54, 1.807) is 35.6 Å². The van der Waals surface area contributed by atoms with E-state index < -0.39 is 6.10 Å². The Bertz CT molecular complexity index is 745. The summed E-state index contributed by atoms with van der Waals surface area (Å²) in [4.78, 5) is 9.25. The molecular formula is C19H22N4O2S. The lowest BCUT2D eigenvalue weighted by atomic mass is 10.1. The van der Waals surface area contributed by atoms with Crippen LogP contribution in [-0.2, 0) is 0 Å². The zero-order valence-corrected chi connectivity index (χ0v) is 15.3. The second kappa shape index (κ2) is 7.62. The Kier molecular flexibility index (Phi) is 5.07. The molecule has 2 aliphatic heterocycles. The van der Waals surface area contributed by atoms with Gasteiger partial charge in [0.2, 0.25) is 0 Å². The second-order valence-corrected chi connectivity index (χ2v) is 7.78. The summed E-state index contributed by atoms with van der Waals surface area (Å²) >= 11 is 1.69. The summed E-state index contributed by atoms with van der Waals surface area (Å²) < 4.78 is 5.67. The molecule has 2 saturated heterocycles. The topological polar surface area (TPSA) is 72.6 Å². The van der Waals surface area contributed by atoms with Crippen molar-refractivity contribution >= 4 is 16.5 Å². The van der Waals surface area contributed by atoms with Crippen LogP contribution in [0.2, 0.25) is 0 Å². The molecule has 2 fully saturated rings. The van der Waals surface area contributed by atoms with Gasteiger partial charge in [-0.05, 0) is 37.1 Å². The first kappa shape index (κ1) is 17.3. The van der Waals surface area contributed by atoms with Crippen molar-refractivity contribution in [3.05, 3.63) is 41.4 Å². The van der Waals surface area contributed by atoms with Crippen LogP contribution in [-0.4, -0.2) is 59.4 Å². The zero-order valence-electron chi connectivity index (χ0n) is 14.5. The van der Waals surface area contributed by atoms with Crippen molar-refractivity contribution in [2.45, 2.75) is 31.0 Å². The summed E-state index contributed by atoms with van der Waals surface area (Å²) in [5, 5.41) is 22.4. The van der Waals surface area contributed by atoms with Crippen molar-refractivity contribution in [2.24, 2.45) is 0 Å². The molecule has 0 radical (unpaired) electrons. The summed E-state index contributed by atoms with van der Waals surface area (Å²) in [7, 11) is 0. The molecule has 6 nitrogen and oxygen atoms in total. The van der Waals surface area contributed by atoms with Crippen LogP contribution in [0.5, 0.6) is 5.75 Å². The molecule has 3 atom stereocenters. The molecule has 136 valence electrons. The first-order chi connectivity index (χ1) is 12.7. The van der Waals surface area contributed by atoms with Gasteiger partial charge in [0, 0.05) is 43.3 Å². The number of benzene rings is 1. The lowest BCUT2D eigenvalue weighted by molar-refractivity contribution is 0.0446. The highest BCUT2D eigenvalue weighted by Crippen LogP contribution is 2.33. The maximum Gasteiger partial charge on any atom is 0.185 e. The van der Waals surface area contributed by atoms with Crippen molar-refractivity contribution < 1.29 is 9.84 Å². The number of ether oxygens (including phenoxy) is 1. The molecule has 0 aliphatic carbocycles. The lowest BCUT2D eigenvalue weighted by Crippen LogP contribution is -2.56. The first-order valence-corrected chi connectivity index (χ1v) is 9.82. The molecule has 2 bridgehead atoms. The Hall–Kier alpha value is -2.14. The number of hydrogen-bond donors (Lipinski definition) is 1. The lowest BCUT2D eigenvalue weighted by Gasteiger charge is -2.41. The van der Waals surface area contributed by atoms with Gasteiger partial charge in [0.05, 0.1) is 11.6 Å². The van der Waals surface area contributed by atoms with Crippen molar-refractivity contribution in [3.63, 3.8) is 0 Å². The summed E-state index contributed by atoms with van der Waals surface area (Å²) in [5.74, 6) is 0.680. The average molecular weight is 370 g/mol. The third kappa shape index (κ3) is 3.68. The van der Waals surface area contributed by atoms with Crippen molar-refractivity contribution in [3.8, 4) is 11.8 Å². The van der Waals surface area contributed by atoms with Crippen LogP contribution in [0.25, 0.3) is 0 Å². The Morgan fingerprint density at radius 1 is 1.27 bits per heavy atom. The molecule has 0 amide bonds. The van der Waals surface area contributed by atoms with Crippen molar-refractivity contribution in [1.29, 1.82) is 5.26 Å². The van der Waals surface area contributed by atoms with Crippen LogP contribution in [0, 0.1) is 11.3 Å². The Labute approximate surface area is 157 Å². The van der Waals surface area contributed by atoms with Gasteiger partial charge in [-0.25, -0.2) is 4.98 Å². The van der Waals surface area contributed by atoms with Gasteiger partial charge in [-0.1, -0.05) is 0 Å². The molecule has 3 heterocycles. The van der Waals surface area contributed by atoms with Gasteiger partial charge in [-0.15, -0.1) is 11.3 Å². The number of hydrogen-bond acceptors (Lipinski definition) is 7. The smallest absolute Gasteiger partial charge is 0.185 e. The van der Waals surface area contributed by atoms with Crippen molar-refractivity contribution in [2.75, 3.05) is 31.1 Å². The first-order valence-electron chi connectivity index (χ1n) is 8.94. The number of nitrogens with zero attached hydrogens (tertiary/aromatic N) is 4. The normalized spacial score (nSPS) is 23.6. The SMILES string of the molecule is N#Cc1ccc(OCC(O)CN2C3CCC2CN(c2nccs2)C3)cc1. The molecule has 2 aliphatic rings. The second-order valence-electron chi connectivity index (χ2n) is 6.90. The molecule has 3 unspecified atom stereocenters. The monoisotopic (exact) mass is 370 g/mol. The fourth-order valence-electron chi connectivity index (χ4n) is 3.93. The minimum Gasteiger partial charge on any atom is -0.491 e. The van der Waals surface area contributed by atoms with E-state index in [1.165, 1.54) is 12.8 Å². The predicted octanol–water partition coefficient (Wildman–Crippen LogP) is 2.11. The molecular weight excluding hydrogens is 348 g/mol. The van der Waals surface area contributed by atoms with E-state index >= 15 is 0 Å². The Morgan fingerprint density at radius 3 is 2.62 bits per heavy atom. The Balaban J connectivity index is 1.29. The van der Waals surface area contributed by atoms with Crippen LogP contribution in [0.4, 0.5) is 5.13 Å². The summed E-state index contributed by atoms with van der Waals surface area (Å²) in [5.41, 5.74) is 0.604. The molecule has 1 N–H and O–H groups in total. The highest BCUT2D eigenvalue weighted by molar-refractivity contribution is 7.13. The molecule has 1 aromatic carbocycles. The highest BCUT2D eigenvalue weighted by atomic mass is 32.1. The standard InChI is InChI=1S/C19H22N4O2S/c20-9-14-1-5-18(6-2-14)25-13-17(24)12-23-15-3-4-16(23)11-22(10-15)19-21-7-8-26-19/h1-2,5-8,15-17,24H,3-4,10-13H2. The van der Waals surface area contributed by atoms with E-state index in [0.717, 1.165) is 18.2 Å².